The van der Waals surface area contributed by atoms with Gasteiger partial charge in [0.2, 0.25) is 0 Å². The molecule has 0 N–H and O–H groups in total. The summed E-state index contributed by atoms with van der Waals surface area (Å²) < 4.78 is 2.86. The molecular weight excluding hydrogens is 382 g/mol. The van der Waals surface area contributed by atoms with Gasteiger partial charge in [-0.2, -0.15) is 5.10 Å². The van der Waals surface area contributed by atoms with Crippen molar-refractivity contribution in [3.8, 4) is 0 Å². The molecule has 6 nitrogen and oxygen atoms in total. The lowest BCUT2D eigenvalue weighted by molar-refractivity contribution is 0.0973. The zero-order chi connectivity index (χ0) is 20.5. The number of carbonyl (C=O) groups excluding carboxylic acids is 1. The topological polar surface area (TPSA) is 63.9 Å². The summed E-state index contributed by atoms with van der Waals surface area (Å²) in [4.78, 5) is 24.4. The number of hydrogen-bond donors (Lipinski definition) is 0. The van der Waals surface area contributed by atoms with Crippen LogP contribution >= 0.6 is 11.3 Å². The summed E-state index contributed by atoms with van der Waals surface area (Å²) in [5.41, 5.74) is 4.72. The lowest BCUT2D eigenvalue weighted by Crippen LogP contribution is -2.32. The van der Waals surface area contributed by atoms with Crippen molar-refractivity contribution in [3.05, 3.63) is 71.3 Å². The molecule has 0 aliphatic heterocycles. The van der Waals surface area contributed by atoms with Crippen molar-refractivity contribution in [1.29, 1.82) is 0 Å². The maximum atomic E-state index is 13.6. The highest BCUT2D eigenvalue weighted by molar-refractivity contribution is 7.22. The third-order valence-electron chi connectivity index (χ3n) is 4.85. The number of benzene rings is 1. The number of aromatic nitrogens is 4. The summed E-state index contributed by atoms with van der Waals surface area (Å²) in [6, 6.07) is 9.87. The summed E-state index contributed by atoms with van der Waals surface area (Å²) in [5, 5.41) is 5.01. The predicted octanol–water partition coefficient (Wildman–Crippen LogP) is 4.93. The number of hydrogen-bond acceptors (Lipinski definition) is 5. The zero-order valence-electron chi connectivity index (χ0n) is 17.0. The van der Waals surface area contributed by atoms with E-state index in [4.69, 9.17) is 4.98 Å². The lowest BCUT2D eigenvalue weighted by atomic mass is 10.1. The molecule has 0 radical (unpaired) electrons. The normalized spacial score (nSPS) is 11.3. The molecule has 1 aromatic carbocycles. The SMILES string of the molecule is Cc1ccc(C)c2sc(N(Cc3cccnc3)C(=O)c3ccnn3C(C)C)nc12. The van der Waals surface area contributed by atoms with Gasteiger partial charge in [0.15, 0.2) is 5.13 Å². The predicted molar refractivity (Wildman–Crippen MR) is 116 cm³/mol. The van der Waals surface area contributed by atoms with Crippen molar-refractivity contribution < 1.29 is 4.79 Å². The Kier molecular flexibility index (Phi) is 5.15. The van der Waals surface area contributed by atoms with Gasteiger partial charge in [0.1, 0.15) is 5.69 Å². The molecule has 0 spiro atoms. The highest BCUT2D eigenvalue weighted by Crippen LogP contribution is 2.34. The van der Waals surface area contributed by atoms with E-state index in [0.717, 1.165) is 26.9 Å². The van der Waals surface area contributed by atoms with Gasteiger partial charge in [-0.3, -0.25) is 19.4 Å². The molecule has 0 unspecified atom stereocenters. The summed E-state index contributed by atoms with van der Waals surface area (Å²) in [5.74, 6) is -0.116. The zero-order valence-corrected chi connectivity index (χ0v) is 17.8. The molecule has 0 fully saturated rings. The molecule has 3 aromatic heterocycles. The molecule has 0 saturated carbocycles. The molecule has 0 atom stereocenters. The number of thiazole rings is 1. The Morgan fingerprint density at radius 2 is 1.93 bits per heavy atom. The molecule has 0 aliphatic carbocycles. The van der Waals surface area contributed by atoms with Crippen molar-refractivity contribution in [2.24, 2.45) is 0 Å². The maximum absolute atomic E-state index is 13.6. The van der Waals surface area contributed by atoms with Crippen LogP contribution in [-0.4, -0.2) is 25.7 Å². The van der Waals surface area contributed by atoms with E-state index in [9.17, 15) is 4.79 Å². The first-order valence-electron chi connectivity index (χ1n) is 9.56. The van der Waals surface area contributed by atoms with Crippen LogP contribution in [0, 0.1) is 13.8 Å². The monoisotopic (exact) mass is 405 g/mol. The van der Waals surface area contributed by atoms with Gasteiger partial charge in [0, 0.05) is 24.6 Å². The van der Waals surface area contributed by atoms with Crippen LogP contribution < -0.4 is 4.90 Å². The van der Waals surface area contributed by atoms with E-state index in [-0.39, 0.29) is 11.9 Å². The largest absolute Gasteiger partial charge is 0.278 e. The van der Waals surface area contributed by atoms with Crippen LogP contribution in [0.3, 0.4) is 0 Å². The van der Waals surface area contributed by atoms with Crippen molar-refractivity contribution in [2.45, 2.75) is 40.3 Å². The van der Waals surface area contributed by atoms with Crippen LogP contribution in [0.15, 0.2) is 48.9 Å². The fourth-order valence-corrected chi connectivity index (χ4v) is 4.41. The number of carbonyl (C=O) groups is 1. The molecular formula is C22H23N5OS. The second-order valence-electron chi connectivity index (χ2n) is 7.38. The molecule has 3 heterocycles. The molecule has 1 amide bonds. The minimum absolute atomic E-state index is 0.0871. The van der Waals surface area contributed by atoms with Gasteiger partial charge < -0.3 is 0 Å². The number of amides is 1. The van der Waals surface area contributed by atoms with Crippen LogP contribution in [0.4, 0.5) is 5.13 Å². The van der Waals surface area contributed by atoms with E-state index in [1.807, 2.05) is 32.9 Å². The Bertz CT molecular complexity index is 1120. The van der Waals surface area contributed by atoms with Gasteiger partial charge in [-0.05, 0) is 56.5 Å². The fraction of sp³-hybridized carbons (Fsp3) is 0.273. The van der Waals surface area contributed by atoms with Crippen LogP contribution in [0.5, 0.6) is 0 Å². The molecule has 148 valence electrons. The first-order valence-corrected chi connectivity index (χ1v) is 10.4. The highest BCUT2D eigenvalue weighted by atomic mass is 32.1. The minimum Gasteiger partial charge on any atom is -0.278 e. The van der Waals surface area contributed by atoms with Crippen LogP contribution in [-0.2, 0) is 6.54 Å². The van der Waals surface area contributed by atoms with Gasteiger partial charge in [0.05, 0.1) is 16.8 Å². The summed E-state index contributed by atoms with van der Waals surface area (Å²) in [7, 11) is 0. The van der Waals surface area contributed by atoms with E-state index >= 15 is 0 Å². The van der Waals surface area contributed by atoms with E-state index in [2.05, 4.69) is 29.1 Å². The van der Waals surface area contributed by atoms with E-state index in [0.29, 0.717) is 17.4 Å². The van der Waals surface area contributed by atoms with Crippen LogP contribution in [0.1, 0.15) is 47.1 Å². The molecule has 0 aliphatic rings. The molecule has 0 saturated heterocycles. The van der Waals surface area contributed by atoms with Crippen LogP contribution in [0.2, 0.25) is 0 Å². The number of anilines is 1. The summed E-state index contributed by atoms with van der Waals surface area (Å²) >= 11 is 1.55. The number of aryl methyl sites for hydroxylation is 2. The second kappa shape index (κ2) is 7.75. The van der Waals surface area contributed by atoms with Gasteiger partial charge in [0.25, 0.3) is 5.91 Å². The lowest BCUT2D eigenvalue weighted by Gasteiger charge is -2.21. The van der Waals surface area contributed by atoms with E-state index in [1.165, 1.54) is 0 Å². The Hall–Kier alpha value is -3.06. The summed E-state index contributed by atoms with van der Waals surface area (Å²) in [6.07, 6.45) is 5.18. The third-order valence-corrected chi connectivity index (χ3v) is 6.06. The average Bonchev–Trinajstić information content (AvgIpc) is 3.37. The quantitative estimate of drug-likeness (QED) is 0.472. The van der Waals surface area contributed by atoms with Gasteiger partial charge in [-0.15, -0.1) is 0 Å². The smallest absolute Gasteiger partial charge is 0.278 e. The van der Waals surface area contributed by atoms with Gasteiger partial charge in [-0.1, -0.05) is 29.5 Å². The van der Waals surface area contributed by atoms with Crippen molar-refractivity contribution in [1.82, 2.24) is 19.7 Å². The highest BCUT2D eigenvalue weighted by Gasteiger charge is 2.26. The first-order chi connectivity index (χ1) is 14.0. The Morgan fingerprint density at radius 1 is 1.14 bits per heavy atom. The van der Waals surface area contributed by atoms with Gasteiger partial charge >= 0.3 is 0 Å². The first kappa shape index (κ1) is 19.3. The average molecular weight is 406 g/mol. The van der Waals surface area contributed by atoms with E-state index in [1.54, 1.807) is 45.6 Å². The van der Waals surface area contributed by atoms with Crippen molar-refractivity contribution in [2.75, 3.05) is 4.90 Å². The number of fused-ring (bicyclic) bond motifs is 1. The standard InChI is InChI=1S/C22H23N5OS/c1-14(2)27-18(9-11-24-27)21(28)26(13-17-6-5-10-23-12-17)22-25-19-15(3)7-8-16(4)20(19)29-22/h5-12,14H,13H2,1-4H3. The number of nitrogens with zero attached hydrogens (tertiary/aromatic N) is 5. The summed E-state index contributed by atoms with van der Waals surface area (Å²) in [6.45, 7) is 8.55. The Balaban J connectivity index is 1.82. The molecule has 0 bridgehead atoms. The molecule has 4 rings (SSSR count). The molecule has 29 heavy (non-hydrogen) atoms. The van der Waals surface area contributed by atoms with Crippen LogP contribution in [0.25, 0.3) is 10.2 Å². The van der Waals surface area contributed by atoms with Crippen molar-refractivity contribution in [3.63, 3.8) is 0 Å². The Morgan fingerprint density at radius 3 is 2.62 bits per heavy atom. The minimum atomic E-state index is -0.116. The molecule has 7 heteroatoms. The second-order valence-corrected chi connectivity index (χ2v) is 8.36. The third kappa shape index (κ3) is 3.65. The maximum Gasteiger partial charge on any atom is 0.278 e. The molecule has 4 aromatic rings. The van der Waals surface area contributed by atoms with Crippen molar-refractivity contribution >= 4 is 32.6 Å². The van der Waals surface area contributed by atoms with Gasteiger partial charge in [-0.25, -0.2) is 4.98 Å². The Labute approximate surface area is 173 Å². The van der Waals surface area contributed by atoms with E-state index < -0.39 is 0 Å². The fourth-order valence-electron chi connectivity index (χ4n) is 3.30. The number of rotatable bonds is 5. The number of pyridine rings is 1.